The molecule has 0 aromatic carbocycles. The SMILES string of the molecule is OC(Cl)(C(Cl)Cl)C(F)(F)F. The van der Waals surface area contributed by atoms with Crippen molar-refractivity contribution in [1.82, 2.24) is 0 Å². The Labute approximate surface area is 69.7 Å². The maximum absolute atomic E-state index is 11.5. The first-order valence-corrected chi connectivity index (χ1v) is 3.21. The zero-order valence-corrected chi connectivity index (χ0v) is 6.56. The first-order valence-electron chi connectivity index (χ1n) is 1.95. The van der Waals surface area contributed by atoms with Crippen molar-refractivity contribution in [2.75, 3.05) is 0 Å². The fourth-order valence-corrected chi connectivity index (χ4v) is 0.371. The number of aliphatic hydroxyl groups is 1. The van der Waals surface area contributed by atoms with Crippen LogP contribution in [0.25, 0.3) is 0 Å². The third-order valence-electron chi connectivity index (χ3n) is 0.687. The second kappa shape index (κ2) is 2.93. The summed E-state index contributed by atoms with van der Waals surface area (Å²) >= 11 is 13.9. The molecule has 0 fully saturated rings. The van der Waals surface area contributed by atoms with Gasteiger partial charge in [-0.1, -0.05) is 11.6 Å². The molecule has 1 atom stereocenters. The molecule has 0 radical (unpaired) electrons. The molecular formula is C3H2Cl3F3O. The van der Waals surface area contributed by atoms with Crippen LogP contribution in [0.4, 0.5) is 13.2 Å². The molecule has 0 aromatic rings. The summed E-state index contributed by atoms with van der Waals surface area (Å²) in [6.07, 6.45) is -5.03. The monoisotopic (exact) mass is 216 g/mol. The van der Waals surface area contributed by atoms with Crippen molar-refractivity contribution in [3.63, 3.8) is 0 Å². The molecular weight excluding hydrogens is 215 g/mol. The quantitative estimate of drug-likeness (QED) is 0.668. The molecule has 0 aromatic heterocycles. The van der Waals surface area contributed by atoms with Crippen LogP contribution >= 0.6 is 34.8 Å². The Morgan fingerprint density at radius 3 is 1.50 bits per heavy atom. The lowest BCUT2D eigenvalue weighted by Crippen LogP contribution is -2.45. The van der Waals surface area contributed by atoms with E-state index in [4.69, 9.17) is 28.3 Å². The van der Waals surface area contributed by atoms with Crippen LogP contribution < -0.4 is 0 Å². The minimum atomic E-state index is -5.03. The molecule has 0 saturated carbocycles. The van der Waals surface area contributed by atoms with Gasteiger partial charge in [-0.3, -0.25) is 0 Å². The van der Waals surface area contributed by atoms with Crippen molar-refractivity contribution in [2.45, 2.75) is 16.1 Å². The van der Waals surface area contributed by atoms with Gasteiger partial charge in [0.1, 0.15) is 0 Å². The fourth-order valence-electron chi connectivity index (χ4n) is 0.124. The Hall–Kier alpha value is 0.620. The van der Waals surface area contributed by atoms with E-state index in [1.54, 1.807) is 0 Å². The Morgan fingerprint density at radius 2 is 1.50 bits per heavy atom. The van der Waals surface area contributed by atoms with E-state index in [9.17, 15) is 13.2 Å². The Kier molecular flexibility index (Phi) is 3.11. The van der Waals surface area contributed by atoms with Crippen molar-refractivity contribution < 1.29 is 18.3 Å². The maximum atomic E-state index is 11.5. The van der Waals surface area contributed by atoms with Crippen molar-refractivity contribution in [3.8, 4) is 0 Å². The molecule has 1 unspecified atom stereocenters. The molecule has 0 rings (SSSR count). The Morgan fingerprint density at radius 1 is 1.20 bits per heavy atom. The molecule has 1 nitrogen and oxygen atoms in total. The summed E-state index contributed by atoms with van der Waals surface area (Å²) in [5.74, 6) is 0. The first kappa shape index (κ1) is 10.6. The molecule has 7 heteroatoms. The average molecular weight is 217 g/mol. The lowest BCUT2D eigenvalue weighted by atomic mass is 10.4. The summed E-state index contributed by atoms with van der Waals surface area (Å²) in [6, 6.07) is 0. The van der Waals surface area contributed by atoms with Gasteiger partial charge >= 0.3 is 6.18 Å². The van der Waals surface area contributed by atoms with E-state index in [1.165, 1.54) is 0 Å². The van der Waals surface area contributed by atoms with E-state index in [0.29, 0.717) is 0 Å². The highest BCUT2D eigenvalue weighted by atomic mass is 35.5. The molecule has 62 valence electrons. The Bertz CT molecular complexity index is 121. The number of rotatable bonds is 1. The summed E-state index contributed by atoms with van der Waals surface area (Å²) in [7, 11) is 0. The lowest BCUT2D eigenvalue weighted by Gasteiger charge is -2.23. The van der Waals surface area contributed by atoms with E-state index in [-0.39, 0.29) is 0 Å². The molecule has 0 aliphatic rings. The van der Waals surface area contributed by atoms with Crippen LogP contribution in [-0.2, 0) is 0 Å². The van der Waals surface area contributed by atoms with E-state index in [0.717, 1.165) is 0 Å². The third-order valence-corrected chi connectivity index (χ3v) is 1.97. The molecule has 10 heavy (non-hydrogen) atoms. The van der Waals surface area contributed by atoms with Crippen LogP contribution in [0.5, 0.6) is 0 Å². The second-order valence-electron chi connectivity index (χ2n) is 1.47. The van der Waals surface area contributed by atoms with Gasteiger partial charge in [0.15, 0.2) is 4.84 Å². The largest absolute Gasteiger partial charge is 0.434 e. The van der Waals surface area contributed by atoms with Crippen LogP contribution in [0, 0.1) is 0 Å². The van der Waals surface area contributed by atoms with Crippen LogP contribution in [-0.4, -0.2) is 21.2 Å². The maximum Gasteiger partial charge on any atom is 0.434 e. The van der Waals surface area contributed by atoms with Gasteiger partial charge in [0.25, 0.3) is 5.06 Å². The van der Waals surface area contributed by atoms with Gasteiger partial charge in [0, 0.05) is 0 Å². The number of hydrogen-bond donors (Lipinski definition) is 1. The van der Waals surface area contributed by atoms with Gasteiger partial charge in [-0.25, -0.2) is 0 Å². The fraction of sp³-hybridized carbons (Fsp3) is 1.00. The van der Waals surface area contributed by atoms with E-state index < -0.39 is 16.1 Å². The average Bonchev–Trinajstić information content (AvgIpc) is 1.62. The van der Waals surface area contributed by atoms with Crippen molar-refractivity contribution in [2.24, 2.45) is 0 Å². The zero-order chi connectivity index (χ0) is 8.58. The molecule has 1 N–H and O–H groups in total. The molecule has 0 aliphatic heterocycles. The molecule has 0 bridgehead atoms. The standard InChI is InChI=1S/C3H2Cl3F3O/c4-1(5)2(6,10)3(7,8)9/h1,10H. The number of halogens is 6. The van der Waals surface area contributed by atoms with Crippen LogP contribution in [0.15, 0.2) is 0 Å². The highest BCUT2D eigenvalue weighted by Gasteiger charge is 2.57. The summed E-state index contributed by atoms with van der Waals surface area (Å²) in [6.45, 7) is 0. The topological polar surface area (TPSA) is 20.2 Å². The molecule has 0 saturated heterocycles. The van der Waals surface area contributed by atoms with Crippen molar-refractivity contribution >= 4 is 34.8 Å². The second-order valence-corrected chi connectivity index (χ2v) is 3.14. The molecule has 0 aliphatic carbocycles. The van der Waals surface area contributed by atoms with Gasteiger partial charge in [0.2, 0.25) is 0 Å². The van der Waals surface area contributed by atoms with Crippen LogP contribution in [0.1, 0.15) is 0 Å². The van der Waals surface area contributed by atoms with Crippen molar-refractivity contribution in [1.29, 1.82) is 0 Å². The minimum absolute atomic E-state index is 2.10. The van der Waals surface area contributed by atoms with Crippen LogP contribution in [0.3, 0.4) is 0 Å². The van der Waals surface area contributed by atoms with Gasteiger partial charge in [-0.2, -0.15) is 13.2 Å². The molecule has 0 heterocycles. The van der Waals surface area contributed by atoms with E-state index >= 15 is 0 Å². The normalized spacial score (nSPS) is 19.2. The first-order chi connectivity index (χ1) is 4.19. The summed E-state index contributed by atoms with van der Waals surface area (Å²) in [5.41, 5.74) is 0. The Balaban J connectivity index is 4.40. The van der Waals surface area contributed by atoms with Gasteiger partial charge in [0.05, 0.1) is 0 Å². The van der Waals surface area contributed by atoms with Gasteiger partial charge < -0.3 is 5.11 Å². The molecule has 0 amide bonds. The summed E-state index contributed by atoms with van der Waals surface area (Å²) < 4.78 is 34.6. The van der Waals surface area contributed by atoms with Gasteiger partial charge in [-0.05, 0) is 0 Å². The predicted octanol–water partition coefficient (Wildman–Crippen LogP) is 2.28. The van der Waals surface area contributed by atoms with E-state index in [1.807, 2.05) is 0 Å². The van der Waals surface area contributed by atoms with Crippen LogP contribution in [0.2, 0.25) is 0 Å². The predicted molar refractivity (Wildman–Crippen MR) is 32.4 cm³/mol. The highest BCUT2D eigenvalue weighted by molar-refractivity contribution is 6.49. The third kappa shape index (κ3) is 2.05. The summed E-state index contributed by atoms with van der Waals surface area (Å²) in [5, 5.41) is 4.75. The number of hydrogen-bond acceptors (Lipinski definition) is 1. The smallest absolute Gasteiger partial charge is 0.365 e. The van der Waals surface area contributed by atoms with Crippen molar-refractivity contribution in [3.05, 3.63) is 0 Å². The van der Waals surface area contributed by atoms with E-state index in [2.05, 4.69) is 11.6 Å². The van der Waals surface area contributed by atoms with Gasteiger partial charge in [-0.15, -0.1) is 23.2 Å². The number of alkyl halides is 6. The minimum Gasteiger partial charge on any atom is -0.365 e. The highest BCUT2D eigenvalue weighted by Crippen LogP contribution is 2.40. The zero-order valence-electron chi connectivity index (χ0n) is 4.29. The molecule has 0 spiro atoms. The summed E-state index contributed by atoms with van der Waals surface area (Å²) in [4.78, 5) is -2.10. The lowest BCUT2D eigenvalue weighted by molar-refractivity contribution is -0.219.